The molecule has 0 saturated heterocycles. The molecule has 1 heterocycles. The number of rotatable bonds is 5. The first kappa shape index (κ1) is 13.2. The molecule has 1 aromatic heterocycles. The molecule has 0 aliphatic rings. The second kappa shape index (κ2) is 5.46. The molecule has 0 aliphatic carbocycles. The maximum atomic E-state index is 11.8. The van der Waals surface area contributed by atoms with E-state index < -0.39 is 12.6 Å². The average molecular weight is 248 g/mol. The first-order valence-electron chi connectivity index (χ1n) is 4.74. The molecular weight excluding hydrogens is 237 g/mol. The summed E-state index contributed by atoms with van der Waals surface area (Å²) in [7, 11) is 0. The van der Waals surface area contributed by atoms with Crippen molar-refractivity contribution in [1.82, 2.24) is 9.97 Å². The fraction of sp³-hybridized carbons (Fsp3) is 0.444. The minimum absolute atomic E-state index is 0.0897. The molecule has 8 heteroatoms. The second-order valence-electron chi connectivity index (χ2n) is 3.22. The van der Waals surface area contributed by atoms with Gasteiger partial charge in [-0.2, -0.15) is 13.2 Å². The lowest BCUT2D eigenvalue weighted by molar-refractivity contribution is -0.136. The van der Waals surface area contributed by atoms with Crippen LogP contribution >= 0.6 is 0 Å². The highest BCUT2D eigenvalue weighted by Gasteiger charge is 2.26. The Morgan fingerprint density at radius 3 is 2.53 bits per heavy atom. The molecule has 0 fully saturated rings. The smallest absolute Gasteiger partial charge is 0.389 e. The van der Waals surface area contributed by atoms with Crippen molar-refractivity contribution >= 4 is 5.84 Å². The Morgan fingerprint density at radius 1 is 1.35 bits per heavy atom. The molecule has 0 aromatic carbocycles. The van der Waals surface area contributed by atoms with E-state index in [2.05, 4.69) is 9.97 Å². The molecule has 1 aromatic rings. The molecule has 0 bridgehead atoms. The highest BCUT2D eigenvalue weighted by molar-refractivity contribution is 5.92. The number of aromatic nitrogens is 2. The molecule has 17 heavy (non-hydrogen) atoms. The van der Waals surface area contributed by atoms with Gasteiger partial charge >= 0.3 is 6.18 Å². The molecule has 1 rings (SSSR count). The van der Waals surface area contributed by atoms with Crippen molar-refractivity contribution in [3.05, 3.63) is 18.1 Å². The predicted octanol–water partition coefficient (Wildman–Crippen LogP) is 1.48. The van der Waals surface area contributed by atoms with Gasteiger partial charge in [0.2, 0.25) is 5.88 Å². The predicted molar refractivity (Wildman–Crippen MR) is 53.8 cm³/mol. The Kier molecular flexibility index (Phi) is 4.24. The number of amidine groups is 1. The molecule has 0 spiro atoms. The van der Waals surface area contributed by atoms with E-state index in [1.807, 2.05) is 0 Å². The first-order chi connectivity index (χ1) is 7.88. The van der Waals surface area contributed by atoms with Crippen molar-refractivity contribution in [3.8, 4) is 5.88 Å². The fourth-order valence-electron chi connectivity index (χ4n) is 0.979. The number of nitrogens with two attached hydrogens (primary N) is 1. The van der Waals surface area contributed by atoms with E-state index in [9.17, 15) is 13.2 Å². The Balaban J connectivity index is 2.35. The fourth-order valence-corrected chi connectivity index (χ4v) is 0.979. The van der Waals surface area contributed by atoms with Gasteiger partial charge in [0, 0.05) is 6.42 Å². The number of hydrogen-bond donors (Lipinski definition) is 2. The minimum atomic E-state index is -4.17. The maximum Gasteiger partial charge on any atom is 0.389 e. The van der Waals surface area contributed by atoms with Crippen LogP contribution in [0.2, 0.25) is 0 Å². The third kappa shape index (κ3) is 5.14. The van der Waals surface area contributed by atoms with Crippen LogP contribution in [0.1, 0.15) is 18.5 Å². The van der Waals surface area contributed by atoms with Crippen LogP contribution in [0.25, 0.3) is 0 Å². The quantitative estimate of drug-likeness (QED) is 0.469. The third-order valence-electron chi connectivity index (χ3n) is 1.76. The van der Waals surface area contributed by atoms with E-state index in [1.165, 1.54) is 12.4 Å². The molecule has 0 unspecified atom stereocenters. The third-order valence-corrected chi connectivity index (χ3v) is 1.76. The summed E-state index contributed by atoms with van der Waals surface area (Å²) in [6.07, 6.45) is -2.77. The van der Waals surface area contributed by atoms with Gasteiger partial charge in [-0.25, -0.2) is 9.97 Å². The summed E-state index contributed by atoms with van der Waals surface area (Å²) in [4.78, 5) is 7.49. The number of nitrogen functional groups attached to an aromatic ring is 1. The molecule has 0 amide bonds. The highest BCUT2D eigenvalue weighted by atomic mass is 19.4. The zero-order valence-electron chi connectivity index (χ0n) is 8.79. The Morgan fingerprint density at radius 2 is 2.06 bits per heavy atom. The van der Waals surface area contributed by atoms with Gasteiger partial charge in [-0.1, -0.05) is 0 Å². The van der Waals surface area contributed by atoms with E-state index in [1.54, 1.807) is 0 Å². The van der Waals surface area contributed by atoms with Crippen LogP contribution in [0.5, 0.6) is 5.88 Å². The van der Waals surface area contributed by atoms with E-state index >= 15 is 0 Å². The van der Waals surface area contributed by atoms with Crippen LogP contribution in [0, 0.1) is 5.41 Å². The van der Waals surface area contributed by atoms with Gasteiger partial charge in [0.05, 0.1) is 19.0 Å². The van der Waals surface area contributed by atoms with Gasteiger partial charge < -0.3 is 10.5 Å². The standard InChI is InChI=1S/C9H11F3N4O/c10-9(11,12)2-1-3-17-7-5-15-6(4-16-7)8(13)14/h4-5H,1-3H2,(H3,13,14). The summed E-state index contributed by atoms with van der Waals surface area (Å²) in [5.41, 5.74) is 5.34. The van der Waals surface area contributed by atoms with Crippen LogP contribution in [0.4, 0.5) is 13.2 Å². The summed E-state index contributed by atoms with van der Waals surface area (Å²) >= 11 is 0. The lowest BCUT2D eigenvalue weighted by Gasteiger charge is -2.07. The van der Waals surface area contributed by atoms with Gasteiger partial charge in [-0.15, -0.1) is 0 Å². The van der Waals surface area contributed by atoms with Gasteiger partial charge in [0.25, 0.3) is 0 Å². The second-order valence-corrected chi connectivity index (χ2v) is 3.22. The summed E-state index contributed by atoms with van der Waals surface area (Å²) in [6.45, 7) is -0.0897. The van der Waals surface area contributed by atoms with Crippen molar-refractivity contribution in [3.63, 3.8) is 0 Å². The monoisotopic (exact) mass is 248 g/mol. The number of nitrogens with zero attached hydrogens (tertiary/aromatic N) is 2. The van der Waals surface area contributed by atoms with E-state index in [0.29, 0.717) is 0 Å². The van der Waals surface area contributed by atoms with Crippen LogP contribution < -0.4 is 10.5 Å². The molecule has 94 valence electrons. The average Bonchev–Trinajstić information content (AvgIpc) is 2.24. The molecule has 3 N–H and O–H groups in total. The largest absolute Gasteiger partial charge is 0.477 e. The number of ether oxygens (including phenoxy) is 1. The van der Waals surface area contributed by atoms with Crippen LogP contribution in [-0.4, -0.2) is 28.6 Å². The Labute approximate surface area is 95.3 Å². The summed E-state index contributed by atoms with van der Waals surface area (Å²) < 4.78 is 40.4. The molecule has 0 saturated carbocycles. The van der Waals surface area contributed by atoms with E-state index in [0.717, 1.165) is 0 Å². The zero-order chi connectivity index (χ0) is 12.9. The topological polar surface area (TPSA) is 84.9 Å². The van der Waals surface area contributed by atoms with Crippen molar-refractivity contribution < 1.29 is 17.9 Å². The lowest BCUT2D eigenvalue weighted by Crippen LogP contribution is -2.14. The van der Waals surface area contributed by atoms with E-state index in [-0.39, 0.29) is 30.4 Å². The Bertz CT molecular complexity index is 377. The van der Waals surface area contributed by atoms with Crippen molar-refractivity contribution in [1.29, 1.82) is 5.41 Å². The van der Waals surface area contributed by atoms with Gasteiger partial charge in [-0.3, -0.25) is 5.41 Å². The zero-order valence-corrected chi connectivity index (χ0v) is 8.79. The highest BCUT2D eigenvalue weighted by Crippen LogP contribution is 2.21. The van der Waals surface area contributed by atoms with Crippen molar-refractivity contribution in [2.45, 2.75) is 19.0 Å². The molecule has 5 nitrogen and oxygen atoms in total. The number of hydrogen-bond acceptors (Lipinski definition) is 4. The van der Waals surface area contributed by atoms with Gasteiger partial charge in [0.1, 0.15) is 11.5 Å². The molecule has 0 atom stereocenters. The van der Waals surface area contributed by atoms with Crippen LogP contribution in [0.3, 0.4) is 0 Å². The SMILES string of the molecule is N=C(N)c1cnc(OCCCC(F)(F)F)cn1. The lowest BCUT2D eigenvalue weighted by atomic mass is 10.3. The number of nitrogens with one attached hydrogen (secondary N) is 1. The summed E-state index contributed by atoms with van der Waals surface area (Å²) in [6, 6.07) is 0. The molecule has 0 radical (unpaired) electrons. The number of alkyl halides is 3. The molecule has 0 aliphatic heterocycles. The van der Waals surface area contributed by atoms with Crippen LogP contribution in [0.15, 0.2) is 12.4 Å². The Hall–Kier alpha value is -1.86. The summed E-state index contributed by atoms with van der Waals surface area (Å²) in [5, 5.41) is 7.05. The van der Waals surface area contributed by atoms with E-state index in [4.69, 9.17) is 15.9 Å². The van der Waals surface area contributed by atoms with Crippen molar-refractivity contribution in [2.75, 3.05) is 6.61 Å². The summed E-state index contributed by atoms with van der Waals surface area (Å²) in [5.74, 6) is -0.127. The molecular formula is C9H11F3N4O. The van der Waals surface area contributed by atoms with Gasteiger partial charge in [-0.05, 0) is 6.42 Å². The van der Waals surface area contributed by atoms with Crippen molar-refractivity contribution in [2.24, 2.45) is 5.73 Å². The minimum Gasteiger partial charge on any atom is -0.477 e. The number of halogens is 3. The van der Waals surface area contributed by atoms with Crippen LogP contribution in [-0.2, 0) is 0 Å². The maximum absolute atomic E-state index is 11.8. The first-order valence-corrected chi connectivity index (χ1v) is 4.74. The van der Waals surface area contributed by atoms with Gasteiger partial charge in [0.15, 0.2) is 0 Å². The normalized spacial score (nSPS) is 11.2.